The minimum atomic E-state index is -0.539. The van der Waals surface area contributed by atoms with Crippen molar-refractivity contribution in [3.8, 4) is 0 Å². The smallest absolute Gasteiger partial charge is 0.337 e. The van der Waals surface area contributed by atoms with E-state index in [1.54, 1.807) is 6.07 Å². The summed E-state index contributed by atoms with van der Waals surface area (Å²) in [5.74, 6) is -1.39. The van der Waals surface area contributed by atoms with Crippen LogP contribution in [0.5, 0.6) is 0 Å². The Morgan fingerprint density at radius 1 is 1.17 bits per heavy atom. The molecule has 0 spiro atoms. The van der Waals surface area contributed by atoms with Gasteiger partial charge in [-0.1, -0.05) is 11.6 Å². The highest BCUT2D eigenvalue weighted by molar-refractivity contribution is 6.34. The number of halogens is 2. The Labute approximate surface area is 141 Å². The topological polar surface area (TPSA) is 71.2 Å². The van der Waals surface area contributed by atoms with Crippen molar-refractivity contribution in [2.24, 2.45) is 0 Å². The largest absolute Gasteiger partial charge is 0.465 e. The van der Waals surface area contributed by atoms with Crippen LogP contribution in [0, 0.1) is 5.82 Å². The number of nitrogens with one attached hydrogen (secondary N) is 2. The van der Waals surface area contributed by atoms with E-state index in [9.17, 15) is 14.0 Å². The number of fused-ring (bicyclic) bond motifs is 1. The summed E-state index contributed by atoms with van der Waals surface area (Å²) in [7, 11) is 1.26. The first-order valence-corrected chi connectivity index (χ1v) is 7.33. The lowest BCUT2D eigenvalue weighted by atomic mass is 10.2. The Morgan fingerprint density at radius 3 is 2.71 bits per heavy atom. The summed E-state index contributed by atoms with van der Waals surface area (Å²) < 4.78 is 17.9. The third-order valence-corrected chi connectivity index (χ3v) is 3.79. The summed E-state index contributed by atoms with van der Waals surface area (Å²) in [6, 6.07) is 10.1. The fourth-order valence-corrected chi connectivity index (χ4v) is 2.45. The number of aromatic nitrogens is 1. The first kappa shape index (κ1) is 16.0. The maximum atomic E-state index is 13.2. The van der Waals surface area contributed by atoms with Crippen molar-refractivity contribution in [2.75, 3.05) is 12.4 Å². The molecule has 5 nitrogen and oxygen atoms in total. The second kappa shape index (κ2) is 6.33. The van der Waals surface area contributed by atoms with E-state index in [2.05, 4.69) is 15.0 Å². The number of benzene rings is 2. The molecular weight excluding hydrogens is 335 g/mol. The second-order valence-corrected chi connectivity index (χ2v) is 5.46. The van der Waals surface area contributed by atoms with E-state index in [4.69, 9.17) is 11.6 Å². The number of H-pyrrole nitrogens is 1. The average molecular weight is 347 g/mol. The van der Waals surface area contributed by atoms with Crippen LogP contribution < -0.4 is 5.32 Å². The van der Waals surface area contributed by atoms with Crippen molar-refractivity contribution in [3.63, 3.8) is 0 Å². The van der Waals surface area contributed by atoms with Gasteiger partial charge in [-0.2, -0.15) is 0 Å². The molecule has 0 aliphatic carbocycles. The van der Waals surface area contributed by atoms with Gasteiger partial charge in [0.1, 0.15) is 11.5 Å². The van der Waals surface area contributed by atoms with Crippen LogP contribution in [0.25, 0.3) is 10.9 Å². The summed E-state index contributed by atoms with van der Waals surface area (Å²) in [5.41, 5.74) is 1.41. The van der Waals surface area contributed by atoms with Crippen molar-refractivity contribution in [1.82, 2.24) is 4.98 Å². The van der Waals surface area contributed by atoms with Crippen LogP contribution in [-0.2, 0) is 4.74 Å². The molecule has 0 radical (unpaired) electrons. The van der Waals surface area contributed by atoms with Gasteiger partial charge in [-0.25, -0.2) is 9.18 Å². The Hall–Kier alpha value is -2.86. The minimum Gasteiger partial charge on any atom is -0.465 e. The predicted octanol–water partition coefficient (Wildman–Crippen LogP) is 4.00. The minimum absolute atomic E-state index is 0.245. The Bertz CT molecular complexity index is 952. The molecule has 1 amide bonds. The normalized spacial score (nSPS) is 10.6. The number of methoxy groups -OCH3 is 1. The van der Waals surface area contributed by atoms with E-state index >= 15 is 0 Å². The number of anilines is 1. The standard InChI is InChI=1S/C17H12ClFN2O3/c1-24-17(23)9-2-4-12(18)14(7-9)21-16(22)15-8-10-6-11(19)3-5-13(10)20-15/h2-8,20H,1H3,(H,21,22). The van der Waals surface area contributed by atoms with Gasteiger partial charge in [-0.3, -0.25) is 4.79 Å². The highest BCUT2D eigenvalue weighted by atomic mass is 35.5. The van der Waals surface area contributed by atoms with Gasteiger partial charge in [-0.05, 0) is 42.5 Å². The SMILES string of the molecule is COC(=O)c1ccc(Cl)c(NC(=O)c2cc3cc(F)ccc3[nH]2)c1. The molecule has 0 saturated heterocycles. The molecule has 2 N–H and O–H groups in total. The molecule has 0 aliphatic heterocycles. The fourth-order valence-electron chi connectivity index (χ4n) is 2.28. The van der Waals surface area contributed by atoms with Gasteiger partial charge >= 0.3 is 5.97 Å². The molecule has 2 aromatic carbocycles. The van der Waals surface area contributed by atoms with E-state index in [-0.39, 0.29) is 27.8 Å². The molecule has 0 saturated carbocycles. The maximum Gasteiger partial charge on any atom is 0.337 e. The molecule has 3 rings (SSSR count). The number of hydrogen-bond donors (Lipinski definition) is 2. The predicted molar refractivity (Wildman–Crippen MR) is 89.0 cm³/mol. The Morgan fingerprint density at radius 2 is 1.96 bits per heavy atom. The monoisotopic (exact) mass is 346 g/mol. The Kier molecular flexibility index (Phi) is 4.22. The molecule has 3 aromatic rings. The lowest BCUT2D eigenvalue weighted by Gasteiger charge is -2.08. The highest BCUT2D eigenvalue weighted by Gasteiger charge is 2.14. The fraction of sp³-hybridized carbons (Fsp3) is 0.0588. The Balaban J connectivity index is 1.89. The number of aromatic amines is 1. The quantitative estimate of drug-likeness (QED) is 0.704. The molecule has 1 aromatic heterocycles. The average Bonchev–Trinajstić information content (AvgIpc) is 2.99. The van der Waals surface area contributed by atoms with E-state index in [1.807, 2.05) is 0 Å². The zero-order valence-electron chi connectivity index (χ0n) is 12.5. The van der Waals surface area contributed by atoms with Crippen LogP contribution in [0.2, 0.25) is 5.02 Å². The van der Waals surface area contributed by atoms with Gasteiger partial charge in [0.05, 0.1) is 23.4 Å². The van der Waals surface area contributed by atoms with Gasteiger partial charge in [0.2, 0.25) is 0 Å². The second-order valence-electron chi connectivity index (χ2n) is 5.05. The lowest BCUT2D eigenvalue weighted by Crippen LogP contribution is -2.13. The van der Waals surface area contributed by atoms with Crippen LogP contribution in [0.3, 0.4) is 0 Å². The van der Waals surface area contributed by atoms with Crippen molar-refractivity contribution < 1.29 is 18.7 Å². The number of hydrogen-bond acceptors (Lipinski definition) is 3. The first-order chi connectivity index (χ1) is 11.5. The molecule has 0 aliphatic rings. The summed E-state index contributed by atoms with van der Waals surface area (Å²) >= 11 is 6.05. The first-order valence-electron chi connectivity index (χ1n) is 6.95. The number of ether oxygens (including phenoxy) is 1. The van der Waals surface area contributed by atoms with Crippen LogP contribution in [0.1, 0.15) is 20.8 Å². The highest BCUT2D eigenvalue weighted by Crippen LogP contribution is 2.25. The summed E-state index contributed by atoms with van der Waals surface area (Å²) in [4.78, 5) is 26.8. The van der Waals surface area contributed by atoms with Gasteiger partial charge < -0.3 is 15.0 Å². The molecule has 0 unspecified atom stereocenters. The molecule has 0 bridgehead atoms. The van der Waals surface area contributed by atoms with Gasteiger partial charge in [0.25, 0.3) is 5.91 Å². The van der Waals surface area contributed by atoms with Crippen LogP contribution in [0.15, 0.2) is 42.5 Å². The zero-order valence-corrected chi connectivity index (χ0v) is 13.3. The van der Waals surface area contributed by atoms with Crippen molar-refractivity contribution in [3.05, 3.63) is 64.6 Å². The number of rotatable bonds is 3. The van der Waals surface area contributed by atoms with E-state index in [0.29, 0.717) is 10.9 Å². The van der Waals surface area contributed by atoms with Crippen molar-refractivity contribution in [2.45, 2.75) is 0 Å². The summed E-state index contributed by atoms with van der Waals surface area (Å²) in [6.45, 7) is 0. The van der Waals surface area contributed by atoms with Gasteiger partial charge in [0, 0.05) is 10.9 Å². The molecule has 1 heterocycles. The molecule has 24 heavy (non-hydrogen) atoms. The molecule has 7 heteroatoms. The summed E-state index contributed by atoms with van der Waals surface area (Å²) in [6.07, 6.45) is 0. The van der Waals surface area contributed by atoms with Gasteiger partial charge in [-0.15, -0.1) is 0 Å². The third-order valence-electron chi connectivity index (χ3n) is 3.46. The van der Waals surface area contributed by atoms with Crippen LogP contribution >= 0.6 is 11.6 Å². The molecular formula is C17H12ClFN2O3. The van der Waals surface area contributed by atoms with Crippen molar-refractivity contribution in [1.29, 1.82) is 0 Å². The molecule has 122 valence electrons. The van der Waals surface area contributed by atoms with E-state index < -0.39 is 11.9 Å². The zero-order chi connectivity index (χ0) is 17.3. The van der Waals surface area contributed by atoms with Crippen LogP contribution in [-0.4, -0.2) is 24.0 Å². The lowest BCUT2D eigenvalue weighted by molar-refractivity contribution is 0.0600. The molecule has 0 fully saturated rings. The number of carbonyl (C=O) groups excluding carboxylic acids is 2. The third kappa shape index (κ3) is 3.09. The summed E-state index contributed by atoms with van der Waals surface area (Å²) in [5, 5.41) is 3.47. The van der Waals surface area contributed by atoms with E-state index in [0.717, 1.165) is 0 Å². The number of amides is 1. The number of carbonyl (C=O) groups is 2. The maximum absolute atomic E-state index is 13.2. The van der Waals surface area contributed by atoms with E-state index in [1.165, 1.54) is 43.5 Å². The number of esters is 1. The van der Waals surface area contributed by atoms with Gasteiger partial charge in [0.15, 0.2) is 0 Å². The van der Waals surface area contributed by atoms with Crippen LogP contribution in [0.4, 0.5) is 10.1 Å². The van der Waals surface area contributed by atoms with Crippen molar-refractivity contribution >= 4 is 40.1 Å². The molecule has 0 atom stereocenters.